The Morgan fingerprint density at radius 3 is 1.30 bits per heavy atom. The first-order valence-electron chi connectivity index (χ1n) is 35.1. The number of halogens is 2. The number of anilines is 2. The van der Waals surface area contributed by atoms with Crippen LogP contribution in [0.1, 0.15) is 147 Å². The summed E-state index contributed by atoms with van der Waals surface area (Å²) in [6.07, 6.45) is -0.159. The third-order valence-corrected chi connectivity index (χ3v) is 15.6. The monoisotopic (exact) mass is 1750 g/mol. The van der Waals surface area contributed by atoms with Crippen molar-refractivity contribution in [3.63, 3.8) is 0 Å². The van der Waals surface area contributed by atoms with E-state index in [0.717, 1.165) is 33.4 Å². The molecule has 3 aromatic heterocycles. The van der Waals surface area contributed by atoms with Crippen molar-refractivity contribution in [1.82, 2.24) is 45.4 Å². The number of aromatic nitrogens is 5. The summed E-state index contributed by atoms with van der Waals surface area (Å²) in [6.45, 7) is 6.85. The largest absolute Gasteiger partial charge is 0.477 e. The number of nitrogens with two attached hydrogens (primary N) is 4. The Hall–Kier alpha value is -16.5. The zero-order chi connectivity index (χ0) is 92.9. The summed E-state index contributed by atoms with van der Waals surface area (Å²) in [5.41, 5.74) is 16.1. The number of hydrogen-bond acceptors (Lipinski definition) is 34. The van der Waals surface area contributed by atoms with E-state index in [4.69, 9.17) is 43.0 Å². The van der Waals surface area contributed by atoms with Gasteiger partial charge in [-0.3, -0.25) is 148 Å². The molecule has 123 heavy (non-hydrogen) atoms. The van der Waals surface area contributed by atoms with Gasteiger partial charge in [0.2, 0.25) is 41.4 Å². The highest BCUT2D eigenvalue weighted by atomic mass is 35.5. The number of nitrogens with zero attached hydrogens (tertiary/aromatic N) is 10. The number of benzene rings is 6. The van der Waals surface area contributed by atoms with Gasteiger partial charge in [0, 0.05) is 76.1 Å². The number of nitrogen functional groups attached to an aromatic ring is 2. The summed E-state index contributed by atoms with van der Waals surface area (Å²) in [6, 6.07) is 18.5. The third kappa shape index (κ3) is 26.5. The molecule has 3 fully saturated rings. The van der Waals surface area contributed by atoms with Crippen LogP contribution in [0.4, 0.5) is 44.2 Å². The predicted molar refractivity (Wildman–Crippen MR) is 426 cm³/mol. The summed E-state index contributed by atoms with van der Waals surface area (Å²) < 4.78 is 49.9. The number of nitrogens with one attached hydrogen (secondary N) is 4. The number of carbonyl (C=O) groups excluding carboxylic acids is 11. The molecule has 50 nitrogen and oxygen atoms in total. The molecule has 0 radical (unpaired) electrons. The molecule has 0 spiro atoms. The van der Waals surface area contributed by atoms with Gasteiger partial charge >= 0.3 is 29.5 Å². The van der Waals surface area contributed by atoms with Crippen molar-refractivity contribution in [2.24, 2.45) is 11.5 Å². The Morgan fingerprint density at radius 1 is 0.528 bits per heavy atom. The van der Waals surface area contributed by atoms with Crippen molar-refractivity contribution < 1.29 is 127 Å². The topological polar surface area (TPSA) is 815 Å². The number of esters is 2. The summed E-state index contributed by atoms with van der Waals surface area (Å²) in [5.74, 6) is -9.75. The molecule has 3 atom stereocenters. The molecule has 9 aromatic rings. The van der Waals surface area contributed by atoms with Crippen LogP contribution in [-0.2, 0) is 43.1 Å². The molecule has 18 N–H and O–H groups in total. The number of fused-ring (bicyclic) bond motifs is 4. The molecule has 0 unspecified atom stereocenters. The number of amides is 9. The lowest BCUT2D eigenvalue weighted by Crippen LogP contribution is -2.48. The lowest BCUT2D eigenvalue weighted by Gasteiger charge is -2.24. The van der Waals surface area contributed by atoms with Gasteiger partial charge in [-0.05, 0) is 75.6 Å². The van der Waals surface area contributed by atoms with E-state index in [2.05, 4.69) is 25.0 Å². The van der Waals surface area contributed by atoms with Gasteiger partial charge in [0.05, 0.1) is 82.0 Å². The normalized spacial score (nSPS) is 16.4. The van der Waals surface area contributed by atoms with Crippen LogP contribution in [-0.4, -0.2) is 160 Å². The third-order valence-electron chi connectivity index (χ3n) is 15.6. The van der Waals surface area contributed by atoms with E-state index in [0.29, 0.717) is 5.52 Å². The fraction of sp³-hybridized carbons (Fsp3) is 0.225. The number of carboxylic acids is 2. The number of primary amides is 1. The van der Waals surface area contributed by atoms with Crippen LogP contribution in [0.3, 0.4) is 0 Å². The molecule has 654 valence electrons. The number of piperidine rings is 3. The van der Waals surface area contributed by atoms with E-state index < -0.39 is 166 Å². The van der Waals surface area contributed by atoms with Crippen molar-refractivity contribution in [2.45, 2.75) is 98.6 Å². The number of imide groups is 4. The SMILES string of the molecule is C.CC(=O)OC(C)=O.Cc1nc2cccc([N+](=O)[O-])c2c(=O)o1.Cl.NC(=O)c1cccc([N+](=O)[O-])c1C(=O)O.Nc1cccc([N+](=O)[O-])c1C(=O)O.O.O.O=C1NC(=O)c2c1cccc2[N+](=O)[O-].[2H]CF.[2H][C@]1(N)CCC(=O)NC1=O.[2H][C@]1(n2c(C)nc3cccc(N)c3c2=O)CCC(=O)NC1=O.[2H][C@]1(n2c(C)nc3cccc([N+](=O)[O-])c3c2=O)CCC(=O)NC1=O. The predicted octanol–water partition coefficient (Wildman–Crippen LogP) is 2.85. The quantitative estimate of drug-likeness (QED) is 0.0235. The van der Waals surface area contributed by atoms with Gasteiger partial charge < -0.3 is 53.3 Å². The molecule has 52 heteroatoms. The number of nitro groups is 5. The fourth-order valence-corrected chi connectivity index (χ4v) is 10.7. The van der Waals surface area contributed by atoms with Gasteiger partial charge in [-0.25, -0.2) is 29.3 Å². The Labute approximate surface area is 697 Å². The van der Waals surface area contributed by atoms with Crippen molar-refractivity contribution in [1.29, 1.82) is 0 Å². The van der Waals surface area contributed by atoms with Gasteiger partial charge in [-0.15, -0.1) is 12.4 Å². The van der Waals surface area contributed by atoms with Gasteiger partial charge in [-0.1, -0.05) is 43.8 Å². The molecule has 0 saturated carbocycles. The van der Waals surface area contributed by atoms with Gasteiger partial charge in [0.25, 0.3) is 51.4 Å². The van der Waals surface area contributed by atoms with Crippen molar-refractivity contribution >= 4 is 162 Å². The minimum atomic E-state index is -2.08. The van der Waals surface area contributed by atoms with Crippen LogP contribution in [0.25, 0.3) is 32.7 Å². The number of alkyl halides is 1. The van der Waals surface area contributed by atoms with Gasteiger partial charge in [0.15, 0.2) is 16.8 Å². The molecule has 4 aliphatic rings. The van der Waals surface area contributed by atoms with E-state index in [-0.39, 0.29) is 159 Å². The van der Waals surface area contributed by atoms with Crippen molar-refractivity contribution in [3.8, 4) is 0 Å². The Balaban J connectivity index is 0.000000734. The zero-order valence-electron chi connectivity index (χ0n) is 67.2. The maximum Gasteiger partial charge on any atom is 0.353 e. The van der Waals surface area contributed by atoms with E-state index >= 15 is 0 Å². The average molecular weight is 1750 g/mol. The highest BCUT2D eigenvalue weighted by Gasteiger charge is 2.36. The molecule has 9 amide bonds. The molecule has 0 bridgehead atoms. The Kier molecular flexibility index (Phi) is 36.7. The number of non-ortho nitro benzene ring substituents is 2. The molecule has 0 aliphatic carbocycles. The van der Waals surface area contributed by atoms with E-state index in [1.807, 2.05) is 16.0 Å². The van der Waals surface area contributed by atoms with Crippen LogP contribution in [0.2, 0.25) is 0 Å². The summed E-state index contributed by atoms with van der Waals surface area (Å²) in [5, 5.41) is 78.5. The first-order valence-corrected chi connectivity index (χ1v) is 32.9. The minimum Gasteiger partial charge on any atom is -0.477 e. The molecular formula is C71H74ClFN18O32. The van der Waals surface area contributed by atoms with Crippen LogP contribution in [0.15, 0.2) is 128 Å². The van der Waals surface area contributed by atoms with Crippen LogP contribution < -0.4 is 60.9 Å². The Morgan fingerprint density at radius 2 is 0.894 bits per heavy atom. The van der Waals surface area contributed by atoms with Crippen molar-refractivity contribution in [3.05, 3.63) is 236 Å². The van der Waals surface area contributed by atoms with Gasteiger partial charge in [-0.2, -0.15) is 0 Å². The second-order valence-corrected chi connectivity index (χ2v) is 23.5. The first-order chi connectivity index (χ1) is 57.3. The summed E-state index contributed by atoms with van der Waals surface area (Å²) in [7, 11) is -1.00. The fourth-order valence-electron chi connectivity index (χ4n) is 10.7. The molecule has 3 saturated heterocycles. The number of carboxylic acid groups (broad SMARTS) is 2. The molecule has 13 rings (SSSR count). The second kappa shape index (κ2) is 46.5. The zero-order valence-corrected chi connectivity index (χ0v) is 64.1. The second-order valence-electron chi connectivity index (χ2n) is 23.5. The van der Waals surface area contributed by atoms with Gasteiger partial charge in [0.1, 0.15) is 40.2 Å². The maximum absolute atomic E-state index is 12.8. The molecular weight excluding hydrogens is 1670 g/mol. The number of aromatic carboxylic acids is 2. The number of aryl methyl sites for hydroxylation is 3. The molecule has 7 heterocycles. The number of ether oxygens (including phenoxy) is 1. The summed E-state index contributed by atoms with van der Waals surface area (Å²) in [4.78, 5) is 241. The van der Waals surface area contributed by atoms with E-state index in [1.165, 1.54) is 94.4 Å². The highest BCUT2D eigenvalue weighted by molar-refractivity contribution is 6.23. The van der Waals surface area contributed by atoms with E-state index in [1.54, 1.807) is 25.1 Å². The Bertz CT molecular complexity index is 6090. The number of carbonyl (C=O) groups is 13. The number of hydrogen-bond donors (Lipinski definition) is 10. The van der Waals surface area contributed by atoms with Crippen LogP contribution in [0.5, 0.6) is 0 Å². The number of nitro benzene ring substituents is 5. The lowest BCUT2D eigenvalue weighted by molar-refractivity contribution is -0.385. The average Bonchev–Trinajstić information content (AvgIpc) is 1.06. The maximum atomic E-state index is 12.8. The van der Waals surface area contributed by atoms with Crippen LogP contribution in [0, 0.1) is 71.3 Å². The number of rotatable bonds is 10. The van der Waals surface area contributed by atoms with Crippen molar-refractivity contribution in [2.75, 3.05) is 18.6 Å². The smallest absolute Gasteiger partial charge is 0.353 e. The first kappa shape index (κ1) is 97.1. The van der Waals surface area contributed by atoms with Crippen LogP contribution >= 0.6 is 12.4 Å². The molecule has 6 aromatic carbocycles. The highest BCUT2D eigenvalue weighted by Crippen LogP contribution is 2.30. The summed E-state index contributed by atoms with van der Waals surface area (Å²) >= 11 is 0. The lowest BCUT2D eigenvalue weighted by atomic mass is 10.1. The standard InChI is InChI=1S/C14H12N4O5.C14H14N4O3.C9H6N2O4.C8H6N2O5.C8H4N2O4.C7H6N2O4.C5H8N2O2.C4H6O3.CH3F.CH4.ClH.2H2O/c1-7-15-8-3-2-4-9(18(22)23)12(8)14(21)17(7)10-5-6-11(19)16-13(10)20;1-7-16-9-4-2-3-8(15)12(9)14(21)18(7)10-5-6-11(19)17-13(10)20;1-5-10-6-3-2-4-7(11(13)14)8(6)9(12)15-5;9-7(11)4-2-1-3-5(10(14)15)6(4)8(12)13;11-7-4-2-1-3-5(10(13)14)6(4)8(12)9-7;8-4-2-1-3-5(9(12)13)6(4)7(10)11;6-3-1-2-4(8)7-5(3)9;1-3(5)7-4(2)6;1-2;;;;/h2-4,10H,5-6H2,1H3,(H,16,19,20);2-4,10H,5-6,15H2,1H3,(H,17,19,20);2-4H,1H3;1-3H,(H2,9,11)(H,12,13);1-3H,(H,9,11,12);1-3H,8H2,(H,10,11);3H,1-2,6H2,(H,7,8,9);1-2H3;1H3;1H4;1H;2*1H2/t2*10-;;;;;3-;;;;;;/m00....0....../s1/i2*10D;;;;;3D;;1D;;;;. The van der Waals surface area contributed by atoms with E-state index in [9.17, 15) is 132 Å². The minimum absolute atomic E-state index is 0. The molecule has 4 aliphatic heterocycles.